The van der Waals surface area contributed by atoms with E-state index in [1.54, 1.807) is 41.5 Å². The highest BCUT2D eigenvalue weighted by atomic mass is 16.6. The quantitative estimate of drug-likeness (QED) is 0.258. The largest absolute Gasteiger partial charge is 0.444 e. The highest BCUT2D eigenvalue weighted by molar-refractivity contribution is 6.38. The zero-order valence-electron chi connectivity index (χ0n) is 25.9. The summed E-state index contributed by atoms with van der Waals surface area (Å²) in [5.74, 6) is -2.68. The van der Waals surface area contributed by atoms with Gasteiger partial charge in [-0.3, -0.25) is 19.2 Å². The fraction of sp³-hybridized carbons (Fsp3) is 0.759. The average molecular weight is 567 g/mol. The van der Waals surface area contributed by atoms with E-state index in [1.807, 2.05) is 27.7 Å². The van der Waals surface area contributed by atoms with Crippen LogP contribution in [0.5, 0.6) is 0 Å². The Hall–Kier alpha value is -2.95. The molecule has 11 heteroatoms. The van der Waals surface area contributed by atoms with Crippen LogP contribution in [0.25, 0.3) is 0 Å². The molecule has 40 heavy (non-hydrogen) atoms. The number of rotatable bonds is 11. The molecule has 1 fully saturated rings. The number of ether oxygens (including phenoxy) is 2. The van der Waals surface area contributed by atoms with E-state index in [9.17, 15) is 24.0 Å². The number of nitrogens with one attached hydrogen (secondary N) is 3. The average Bonchev–Trinajstić information content (AvgIpc) is 3.19. The number of alkyl carbamates (subject to hydrolysis) is 1. The van der Waals surface area contributed by atoms with Gasteiger partial charge in [0.2, 0.25) is 17.6 Å². The maximum absolute atomic E-state index is 14.0. The number of hydrogen-bond donors (Lipinski definition) is 3. The Balaban J connectivity index is 3.36. The second-order valence-corrected chi connectivity index (χ2v) is 13.2. The molecule has 0 bridgehead atoms. The lowest BCUT2D eigenvalue weighted by atomic mass is 9.85. The Morgan fingerprint density at radius 3 is 2.05 bits per heavy atom. The molecule has 1 saturated heterocycles. The Morgan fingerprint density at radius 1 is 0.975 bits per heavy atom. The first kappa shape index (κ1) is 35.1. The van der Waals surface area contributed by atoms with E-state index in [-0.39, 0.29) is 19.5 Å². The number of nitrogens with zero attached hydrogens (tertiary/aromatic N) is 1. The Labute approximate surface area is 239 Å². The van der Waals surface area contributed by atoms with Crippen LogP contribution in [0.2, 0.25) is 0 Å². The van der Waals surface area contributed by atoms with Gasteiger partial charge in [0.1, 0.15) is 17.7 Å². The molecule has 228 valence electrons. The zero-order valence-corrected chi connectivity index (χ0v) is 25.9. The van der Waals surface area contributed by atoms with E-state index in [0.717, 1.165) is 0 Å². The molecule has 0 aliphatic carbocycles. The fourth-order valence-electron chi connectivity index (χ4n) is 4.36. The van der Waals surface area contributed by atoms with Crippen molar-refractivity contribution in [3.8, 4) is 0 Å². The van der Waals surface area contributed by atoms with Crippen LogP contribution >= 0.6 is 0 Å². The van der Waals surface area contributed by atoms with Crippen LogP contribution in [0.3, 0.4) is 0 Å². The van der Waals surface area contributed by atoms with Gasteiger partial charge in [-0.05, 0) is 59.8 Å². The van der Waals surface area contributed by atoms with Crippen LogP contribution in [0, 0.1) is 5.41 Å². The van der Waals surface area contributed by atoms with Crippen LogP contribution in [-0.4, -0.2) is 83.0 Å². The third-order valence-electron chi connectivity index (χ3n) is 6.01. The van der Waals surface area contributed by atoms with E-state index in [0.29, 0.717) is 12.8 Å². The van der Waals surface area contributed by atoms with Crippen molar-refractivity contribution >= 4 is 29.6 Å². The summed E-state index contributed by atoms with van der Waals surface area (Å²) in [6, 6.07) is -3.17. The summed E-state index contributed by atoms with van der Waals surface area (Å²) >= 11 is 0. The summed E-state index contributed by atoms with van der Waals surface area (Å²) < 4.78 is 11.6. The molecular weight excluding hydrogens is 516 g/mol. The monoisotopic (exact) mass is 566 g/mol. The van der Waals surface area contributed by atoms with Gasteiger partial charge in [0.05, 0.1) is 17.7 Å². The summed E-state index contributed by atoms with van der Waals surface area (Å²) in [6.07, 6.45) is 1.18. The third kappa shape index (κ3) is 10.9. The minimum atomic E-state index is -1.08. The van der Waals surface area contributed by atoms with E-state index in [1.165, 1.54) is 11.0 Å². The first-order chi connectivity index (χ1) is 18.2. The SMILES string of the molecule is C=CCNC(=O)C(=O)C(CCC)NC(=O)C1C(OC(C)(C)C)CCN1C(=O)C(NC(=O)OC(C)(C)C)C(C)(C)C. The zero-order chi connectivity index (χ0) is 31.1. The Kier molecular flexibility index (Phi) is 12.4. The van der Waals surface area contributed by atoms with Crippen LogP contribution in [0.1, 0.15) is 88.5 Å². The van der Waals surface area contributed by atoms with Crippen molar-refractivity contribution in [3.05, 3.63) is 12.7 Å². The number of hydrogen-bond acceptors (Lipinski definition) is 7. The normalized spacial score (nSPS) is 19.3. The summed E-state index contributed by atoms with van der Waals surface area (Å²) in [6.45, 7) is 21.8. The Morgan fingerprint density at radius 2 is 1.57 bits per heavy atom. The second kappa shape index (κ2) is 14.1. The molecular formula is C29H50N4O7. The topological polar surface area (TPSA) is 143 Å². The van der Waals surface area contributed by atoms with Gasteiger partial charge in [-0.2, -0.15) is 0 Å². The van der Waals surface area contributed by atoms with Crippen molar-refractivity contribution in [2.75, 3.05) is 13.1 Å². The van der Waals surface area contributed by atoms with Gasteiger partial charge in [-0.25, -0.2) is 4.79 Å². The van der Waals surface area contributed by atoms with Gasteiger partial charge in [-0.15, -0.1) is 6.58 Å². The van der Waals surface area contributed by atoms with Crippen LogP contribution in [0.4, 0.5) is 4.79 Å². The summed E-state index contributed by atoms with van der Waals surface area (Å²) in [4.78, 5) is 67.0. The molecule has 0 radical (unpaired) electrons. The van der Waals surface area contributed by atoms with Crippen molar-refractivity contribution in [2.24, 2.45) is 5.41 Å². The summed E-state index contributed by atoms with van der Waals surface area (Å²) in [5, 5.41) is 7.84. The van der Waals surface area contributed by atoms with Gasteiger partial charge in [-0.1, -0.05) is 40.2 Å². The number of carbonyl (C=O) groups excluding carboxylic acids is 5. The van der Waals surface area contributed by atoms with E-state index >= 15 is 0 Å². The molecule has 4 atom stereocenters. The lowest BCUT2D eigenvalue weighted by molar-refractivity contribution is -0.149. The lowest BCUT2D eigenvalue weighted by Gasteiger charge is -2.37. The van der Waals surface area contributed by atoms with Crippen LogP contribution in [0.15, 0.2) is 12.7 Å². The van der Waals surface area contributed by atoms with Crippen molar-refractivity contribution < 1.29 is 33.4 Å². The molecule has 1 heterocycles. The predicted octanol–water partition coefficient (Wildman–Crippen LogP) is 2.87. The maximum Gasteiger partial charge on any atom is 0.408 e. The molecule has 4 amide bonds. The van der Waals surface area contributed by atoms with E-state index in [2.05, 4.69) is 22.5 Å². The molecule has 1 aliphatic rings. The van der Waals surface area contributed by atoms with Gasteiger partial charge < -0.3 is 30.3 Å². The molecule has 1 aliphatic heterocycles. The van der Waals surface area contributed by atoms with Crippen molar-refractivity contribution in [2.45, 2.75) is 124 Å². The first-order valence-corrected chi connectivity index (χ1v) is 13.9. The molecule has 0 spiro atoms. The molecule has 0 aromatic heterocycles. The molecule has 3 N–H and O–H groups in total. The van der Waals surface area contributed by atoms with Crippen molar-refractivity contribution in [1.29, 1.82) is 0 Å². The van der Waals surface area contributed by atoms with Gasteiger partial charge >= 0.3 is 6.09 Å². The summed E-state index contributed by atoms with van der Waals surface area (Å²) in [7, 11) is 0. The van der Waals surface area contributed by atoms with Gasteiger partial charge in [0.15, 0.2) is 0 Å². The third-order valence-corrected chi connectivity index (χ3v) is 6.01. The van der Waals surface area contributed by atoms with E-state index in [4.69, 9.17) is 9.47 Å². The summed E-state index contributed by atoms with van der Waals surface area (Å²) in [5.41, 5.74) is -2.11. The fourth-order valence-corrected chi connectivity index (χ4v) is 4.36. The highest BCUT2D eigenvalue weighted by Crippen LogP contribution is 2.30. The standard InChI is InChI=1S/C29H50N4O7/c1-12-14-18(21(34)24(36)30-16-13-2)31-23(35)20-19(39-28(6,7)8)15-17-33(20)25(37)22(27(3,4)5)32-26(38)40-29(9,10)11/h13,18-20,22H,2,12,14-17H2,1,3-11H3,(H,30,36)(H,31,35)(H,32,38). The minimum absolute atomic E-state index is 0.114. The molecule has 1 rings (SSSR count). The Bertz CT molecular complexity index is 943. The molecule has 0 saturated carbocycles. The number of Topliss-reactive ketones (excluding diaryl/α,β-unsaturated/α-hetero) is 1. The van der Waals surface area contributed by atoms with Crippen molar-refractivity contribution in [1.82, 2.24) is 20.9 Å². The predicted molar refractivity (Wildman–Crippen MR) is 152 cm³/mol. The first-order valence-electron chi connectivity index (χ1n) is 13.9. The number of amides is 4. The van der Waals surface area contributed by atoms with Gasteiger partial charge in [0.25, 0.3) is 5.91 Å². The number of carbonyl (C=O) groups is 5. The van der Waals surface area contributed by atoms with Crippen LogP contribution < -0.4 is 16.0 Å². The number of ketones is 1. The molecule has 0 aromatic carbocycles. The van der Waals surface area contributed by atoms with E-state index < -0.39 is 70.4 Å². The maximum atomic E-state index is 14.0. The van der Waals surface area contributed by atoms with Crippen LogP contribution in [-0.2, 0) is 28.7 Å². The molecule has 11 nitrogen and oxygen atoms in total. The lowest BCUT2D eigenvalue weighted by Crippen LogP contribution is -2.61. The minimum Gasteiger partial charge on any atom is -0.444 e. The van der Waals surface area contributed by atoms with Crippen molar-refractivity contribution in [3.63, 3.8) is 0 Å². The highest BCUT2D eigenvalue weighted by Gasteiger charge is 2.48. The smallest absolute Gasteiger partial charge is 0.408 e. The molecule has 4 unspecified atom stereocenters. The van der Waals surface area contributed by atoms with Gasteiger partial charge in [0, 0.05) is 13.1 Å². The molecule has 0 aromatic rings. The number of likely N-dealkylation sites (tertiary alicyclic amines) is 1. The second-order valence-electron chi connectivity index (χ2n) is 13.2.